The first-order valence-corrected chi connectivity index (χ1v) is 11.9. The largest absolute Gasteiger partial charge is 0.352 e. The first-order valence-electron chi connectivity index (χ1n) is 11.9. The molecule has 170 valence electrons. The van der Waals surface area contributed by atoms with Crippen LogP contribution in [0.4, 0.5) is 0 Å². The highest BCUT2D eigenvalue weighted by atomic mass is 16.1. The van der Waals surface area contributed by atoms with Crippen molar-refractivity contribution in [1.29, 1.82) is 5.41 Å². The highest BCUT2D eigenvalue weighted by Gasteiger charge is 2.24. The molecule has 0 aromatic carbocycles. The van der Waals surface area contributed by atoms with Crippen LogP contribution in [0.15, 0.2) is 29.2 Å². The molecule has 0 saturated heterocycles. The second kappa shape index (κ2) is 9.67. The fraction of sp³-hybridized carbons (Fsp3) is 0.520. The highest BCUT2D eigenvalue weighted by molar-refractivity contribution is 5.96. The maximum absolute atomic E-state index is 13.4. The number of aryl methyl sites for hydroxylation is 1. The molecule has 3 aromatic rings. The number of carbonyl (C=O) groups is 1. The fourth-order valence-corrected chi connectivity index (χ4v) is 4.78. The molecule has 3 aromatic heterocycles. The van der Waals surface area contributed by atoms with E-state index in [2.05, 4.69) is 12.2 Å². The summed E-state index contributed by atoms with van der Waals surface area (Å²) < 4.78 is 3.38. The molecule has 0 bridgehead atoms. The number of nitrogens with zero attached hydrogens (tertiary/aromatic N) is 3. The van der Waals surface area contributed by atoms with Gasteiger partial charge < -0.3 is 9.88 Å². The Kier molecular flexibility index (Phi) is 6.72. The molecule has 7 heteroatoms. The second-order valence-electron chi connectivity index (χ2n) is 8.92. The number of aromatic nitrogens is 3. The summed E-state index contributed by atoms with van der Waals surface area (Å²) in [5.74, 6) is -0.284. The van der Waals surface area contributed by atoms with Crippen molar-refractivity contribution in [3.05, 3.63) is 51.4 Å². The number of nitrogens with one attached hydrogen (secondary N) is 2. The molecule has 0 atom stereocenters. The van der Waals surface area contributed by atoms with Gasteiger partial charge in [-0.15, -0.1) is 0 Å². The van der Waals surface area contributed by atoms with E-state index in [1.165, 1.54) is 23.7 Å². The Morgan fingerprint density at radius 3 is 2.69 bits per heavy atom. The van der Waals surface area contributed by atoms with Crippen LogP contribution < -0.4 is 16.4 Å². The van der Waals surface area contributed by atoms with Gasteiger partial charge in [-0.05, 0) is 43.9 Å². The van der Waals surface area contributed by atoms with Crippen LogP contribution in [-0.2, 0) is 0 Å². The zero-order valence-corrected chi connectivity index (χ0v) is 19.1. The van der Waals surface area contributed by atoms with E-state index in [1.807, 2.05) is 23.6 Å². The third-order valence-corrected chi connectivity index (χ3v) is 6.58. The van der Waals surface area contributed by atoms with E-state index in [0.717, 1.165) is 44.1 Å². The first kappa shape index (κ1) is 22.2. The average Bonchev–Trinajstić information content (AvgIpc) is 3.31. The van der Waals surface area contributed by atoms with E-state index in [-0.39, 0.29) is 28.6 Å². The van der Waals surface area contributed by atoms with Crippen LogP contribution in [0.1, 0.15) is 86.7 Å². The van der Waals surface area contributed by atoms with Crippen LogP contribution in [0.25, 0.3) is 16.7 Å². The number of fused-ring (bicyclic) bond motifs is 2. The van der Waals surface area contributed by atoms with Crippen LogP contribution in [0.2, 0.25) is 0 Å². The molecule has 1 fully saturated rings. The fourth-order valence-electron chi connectivity index (χ4n) is 4.78. The van der Waals surface area contributed by atoms with Gasteiger partial charge in [0.25, 0.3) is 11.5 Å². The van der Waals surface area contributed by atoms with Gasteiger partial charge in [0, 0.05) is 18.8 Å². The molecule has 1 saturated carbocycles. The molecule has 2 N–H and O–H groups in total. The van der Waals surface area contributed by atoms with E-state index in [1.54, 1.807) is 12.3 Å². The minimum Gasteiger partial charge on any atom is -0.352 e. The topological polar surface area (TPSA) is 92.2 Å². The van der Waals surface area contributed by atoms with Gasteiger partial charge in [0.1, 0.15) is 16.8 Å². The second-order valence-corrected chi connectivity index (χ2v) is 8.92. The van der Waals surface area contributed by atoms with Crippen molar-refractivity contribution >= 4 is 22.6 Å². The van der Waals surface area contributed by atoms with Crippen LogP contribution in [-0.4, -0.2) is 26.4 Å². The summed E-state index contributed by atoms with van der Waals surface area (Å²) in [5, 5.41) is 12.2. The Balaban J connectivity index is 1.79. The summed E-state index contributed by atoms with van der Waals surface area (Å²) in [6.07, 6.45) is 11.3. The predicted molar refractivity (Wildman–Crippen MR) is 126 cm³/mol. The van der Waals surface area contributed by atoms with Crippen LogP contribution in [0.5, 0.6) is 0 Å². The molecule has 0 aliphatic heterocycles. The van der Waals surface area contributed by atoms with Crippen molar-refractivity contribution in [1.82, 2.24) is 19.3 Å². The molecule has 1 amide bonds. The molecular weight excluding hydrogens is 402 g/mol. The summed E-state index contributed by atoms with van der Waals surface area (Å²) in [4.78, 5) is 31.2. The average molecular weight is 436 g/mol. The lowest BCUT2D eigenvalue weighted by atomic mass is 10.1. The van der Waals surface area contributed by atoms with Crippen molar-refractivity contribution in [2.45, 2.75) is 77.7 Å². The number of hydrogen-bond donors (Lipinski definition) is 2. The smallest absolute Gasteiger partial charge is 0.267 e. The lowest BCUT2D eigenvalue weighted by Crippen LogP contribution is -2.36. The summed E-state index contributed by atoms with van der Waals surface area (Å²) >= 11 is 0. The number of carbonyl (C=O) groups excluding carboxylic acids is 1. The quantitative estimate of drug-likeness (QED) is 0.409. The van der Waals surface area contributed by atoms with E-state index in [0.29, 0.717) is 23.2 Å². The van der Waals surface area contributed by atoms with E-state index >= 15 is 0 Å². The van der Waals surface area contributed by atoms with Gasteiger partial charge in [0.05, 0.1) is 10.9 Å². The van der Waals surface area contributed by atoms with Crippen LogP contribution >= 0.6 is 0 Å². The number of amides is 1. The minimum absolute atomic E-state index is 0.0881. The minimum atomic E-state index is -0.284. The Bertz CT molecular complexity index is 1250. The molecule has 0 radical (unpaired) electrons. The van der Waals surface area contributed by atoms with Gasteiger partial charge in [-0.3, -0.25) is 19.4 Å². The van der Waals surface area contributed by atoms with Gasteiger partial charge in [0.2, 0.25) is 0 Å². The number of unbranched alkanes of at least 4 members (excludes halogenated alkanes) is 4. The third-order valence-electron chi connectivity index (χ3n) is 6.58. The van der Waals surface area contributed by atoms with Gasteiger partial charge in [0.15, 0.2) is 0 Å². The van der Waals surface area contributed by atoms with Crippen molar-refractivity contribution in [2.24, 2.45) is 0 Å². The molecule has 4 rings (SSSR count). The molecule has 0 spiro atoms. The molecule has 0 unspecified atom stereocenters. The first-order chi connectivity index (χ1) is 15.5. The lowest BCUT2D eigenvalue weighted by Gasteiger charge is -2.20. The number of hydrogen-bond acceptors (Lipinski definition) is 4. The van der Waals surface area contributed by atoms with Crippen molar-refractivity contribution in [3.8, 4) is 0 Å². The van der Waals surface area contributed by atoms with Crippen LogP contribution in [0, 0.1) is 12.3 Å². The Morgan fingerprint density at radius 2 is 1.94 bits per heavy atom. The van der Waals surface area contributed by atoms with Crippen LogP contribution in [0.3, 0.4) is 0 Å². The summed E-state index contributed by atoms with van der Waals surface area (Å²) in [6.45, 7) is 4.69. The summed E-state index contributed by atoms with van der Waals surface area (Å²) in [7, 11) is 0. The van der Waals surface area contributed by atoms with Gasteiger partial charge in [-0.1, -0.05) is 51.5 Å². The van der Waals surface area contributed by atoms with E-state index < -0.39 is 0 Å². The summed E-state index contributed by atoms with van der Waals surface area (Å²) in [5.41, 5.74) is 2.22. The molecular formula is C25H33N5O2. The molecule has 1 aliphatic rings. The van der Waals surface area contributed by atoms with E-state index in [9.17, 15) is 9.59 Å². The van der Waals surface area contributed by atoms with Gasteiger partial charge in [-0.2, -0.15) is 0 Å². The zero-order valence-electron chi connectivity index (χ0n) is 19.1. The third kappa shape index (κ3) is 4.20. The molecule has 3 heterocycles. The predicted octanol–water partition coefficient (Wildman–Crippen LogP) is 4.25. The number of rotatable bonds is 8. The SMILES string of the molecule is CCCCCCCNC(=O)c1cc2c(=O)n3cccc(C)c3nc2n(C2CCCC2)c1=N. The maximum Gasteiger partial charge on any atom is 0.267 e. The van der Waals surface area contributed by atoms with Crippen molar-refractivity contribution < 1.29 is 4.79 Å². The molecule has 7 nitrogen and oxygen atoms in total. The zero-order chi connectivity index (χ0) is 22.7. The normalized spacial score (nSPS) is 14.4. The summed E-state index contributed by atoms with van der Waals surface area (Å²) in [6, 6.07) is 5.41. The molecule has 32 heavy (non-hydrogen) atoms. The number of pyridine rings is 2. The van der Waals surface area contributed by atoms with Gasteiger partial charge >= 0.3 is 0 Å². The Hall–Kier alpha value is -2.96. The lowest BCUT2D eigenvalue weighted by molar-refractivity contribution is 0.0950. The molecule has 1 aliphatic carbocycles. The van der Waals surface area contributed by atoms with E-state index in [4.69, 9.17) is 10.4 Å². The van der Waals surface area contributed by atoms with Gasteiger partial charge in [-0.25, -0.2) is 4.98 Å². The maximum atomic E-state index is 13.4. The van der Waals surface area contributed by atoms with Crippen molar-refractivity contribution in [2.75, 3.05) is 6.54 Å². The Labute approximate surface area is 188 Å². The standard InChI is InChI=1S/C25H33N5O2/c1-3-4-5-6-9-14-27-24(31)19-16-20-23(30(21(19)26)18-12-7-8-13-18)28-22-17(2)11-10-15-29(22)25(20)32/h10-11,15-16,18,26H,3-9,12-14H2,1-2H3,(H,27,31). The van der Waals surface area contributed by atoms with Crippen molar-refractivity contribution in [3.63, 3.8) is 0 Å². The Morgan fingerprint density at radius 1 is 1.19 bits per heavy atom. The monoisotopic (exact) mass is 435 g/mol. The highest BCUT2D eigenvalue weighted by Crippen LogP contribution is 2.30.